The molecule has 0 aliphatic rings. The largest absolute Gasteiger partial charge is 0.493 e. The molecule has 0 atom stereocenters. The molecule has 2 aromatic carbocycles. The number of carbonyl (C=O) groups is 2. The Kier molecular flexibility index (Phi) is 8.15. The molecule has 0 saturated heterocycles. The van der Waals surface area contributed by atoms with Crippen molar-refractivity contribution in [1.29, 1.82) is 0 Å². The lowest BCUT2D eigenvalue weighted by atomic mass is 10.1. The van der Waals surface area contributed by atoms with Crippen LogP contribution < -0.4 is 10.1 Å². The smallest absolute Gasteiger partial charge is 0.309 e. The van der Waals surface area contributed by atoms with Gasteiger partial charge in [0.1, 0.15) is 5.75 Å². The molecule has 0 radical (unpaired) electrons. The van der Waals surface area contributed by atoms with Crippen LogP contribution >= 0.6 is 15.9 Å². The first-order chi connectivity index (χ1) is 12.5. The molecule has 0 saturated carbocycles. The maximum Gasteiger partial charge on any atom is 0.309 e. The number of esters is 1. The highest BCUT2D eigenvalue weighted by atomic mass is 79.9. The first-order valence-electron chi connectivity index (χ1n) is 8.40. The topological polar surface area (TPSA) is 64.6 Å². The molecule has 0 unspecified atom stereocenters. The van der Waals surface area contributed by atoms with Crippen LogP contribution in [-0.4, -0.2) is 31.6 Å². The first-order valence-corrected chi connectivity index (χ1v) is 9.19. The number of ether oxygens (including phenoxy) is 2. The molecule has 5 nitrogen and oxygen atoms in total. The van der Waals surface area contributed by atoms with E-state index in [1.807, 2.05) is 49.4 Å². The van der Waals surface area contributed by atoms with Crippen molar-refractivity contribution in [2.75, 3.05) is 19.8 Å². The molecule has 2 aromatic rings. The first kappa shape index (κ1) is 20.0. The van der Waals surface area contributed by atoms with Crippen LogP contribution in [0.1, 0.15) is 17.5 Å². The fraction of sp³-hybridized carbons (Fsp3) is 0.300. The van der Waals surface area contributed by atoms with E-state index in [1.165, 1.54) is 11.1 Å². The van der Waals surface area contributed by atoms with E-state index >= 15 is 0 Å². The zero-order valence-electron chi connectivity index (χ0n) is 14.7. The van der Waals surface area contributed by atoms with E-state index in [4.69, 9.17) is 9.47 Å². The van der Waals surface area contributed by atoms with Crippen molar-refractivity contribution in [3.05, 3.63) is 64.1 Å². The molecule has 0 fully saturated rings. The monoisotopic (exact) mass is 419 g/mol. The summed E-state index contributed by atoms with van der Waals surface area (Å²) in [5.41, 5.74) is 2.38. The maximum atomic E-state index is 11.7. The number of amides is 1. The fourth-order valence-electron chi connectivity index (χ4n) is 2.31. The molecule has 0 spiro atoms. The number of nitrogens with one attached hydrogen (secondary N) is 1. The van der Waals surface area contributed by atoms with E-state index in [0.29, 0.717) is 12.3 Å². The summed E-state index contributed by atoms with van der Waals surface area (Å²) in [5, 5.41) is 2.75. The number of aryl methyl sites for hydroxylation is 1. The molecular weight excluding hydrogens is 398 g/mol. The summed E-state index contributed by atoms with van der Waals surface area (Å²) in [6.45, 7) is 2.47. The van der Waals surface area contributed by atoms with Crippen molar-refractivity contribution in [2.45, 2.75) is 19.8 Å². The van der Waals surface area contributed by atoms with E-state index < -0.39 is 5.97 Å². The Morgan fingerprint density at radius 1 is 1.12 bits per heavy atom. The van der Waals surface area contributed by atoms with Gasteiger partial charge >= 0.3 is 5.97 Å². The summed E-state index contributed by atoms with van der Waals surface area (Å²) in [5.74, 6) is -0.102. The molecule has 1 amide bonds. The summed E-state index contributed by atoms with van der Waals surface area (Å²) < 4.78 is 11.3. The van der Waals surface area contributed by atoms with E-state index in [0.717, 1.165) is 10.9 Å². The molecule has 2 rings (SSSR count). The Bertz CT molecular complexity index is 748. The third-order valence-electron chi connectivity index (χ3n) is 3.71. The normalized spacial score (nSPS) is 10.2. The average Bonchev–Trinajstić information content (AvgIpc) is 2.62. The molecule has 0 aromatic heterocycles. The predicted molar refractivity (Wildman–Crippen MR) is 103 cm³/mol. The van der Waals surface area contributed by atoms with Crippen LogP contribution in [0.4, 0.5) is 0 Å². The summed E-state index contributed by atoms with van der Waals surface area (Å²) in [7, 11) is 0. The second kappa shape index (κ2) is 10.6. The van der Waals surface area contributed by atoms with Gasteiger partial charge in [-0.2, -0.15) is 0 Å². The van der Waals surface area contributed by atoms with Crippen molar-refractivity contribution < 1.29 is 19.1 Å². The number of halogens is 1. The molecule has 138 valence electrons. The van der Waals surface area contributed by atoms with Crippen LogP contribution in [0, 0.1) is 6.92 Å². The van der Waals surface area contributed by atoms with Crippen molar-refractivity contribution in [1.82, 2.24) is 5.32 Å². The Balaban J connectivity index is 1.58. The molecule has 0 aliphatic carbocycles. The predicted octanol–water partition coefficient (Wildman–Crippen LogP) is 3.43. The van der Waals surface area contributed by atoms with E-state index in [-0.39, 0.29) is 25.5 Å². The second-order valence-electron chi connectivity index (χ2n) is 5.74. The quantitative estimate of drug-likeness (QED) is 0.632. The van der Waals surface area contributed by atoms with Crippen LogP contribution in [-0.2, 0) is 20.7 Å². The van der Waals surface area contributed by atoms with Crippen molar-refractivity contribution in [2.24, 2.45) is 0 Å². The zero-order valence-corrected chi connectivity index (χ0v) is 16.3. The number of rotatable bonds is 9. The third-order valence-corrected chi connectivity index (χ3v) is 4.21. The number of hydrogen-bond acceptors (Lipinski definition) is 4. The van der Waals surface area contributed by atoms with Crippen LogP contribution in [0.5, 0.6) is 5.75 Å². The van der Waals surface area contributed by atoms with Gasteiger partial charge in [-0.25, -0.2) is 0 Å². The lowest BCUT2D eigenvalue weighted by Gasteiger charge is -2.09. The average molecular weight is 420 g/mol. The van der Waals surface area contributed by atoms with Gasteiger partial charge in [0, 0.05) is 11.0 Å². The maximum absolute atomic E-state index is 11.7. The van der Waals surface area contributed by atoms with Crippen LogP contribution in [0.25, 0.3) is 0 Å². The van der Waals surface area contributed by atoms with Gasteiger partial charge in [-0.15, -0.1) is 0 Å². The van der Waals surface area contributed by atoms with Gasteiger partial charge in [-0.3, -0.25) is 9.59 Å². The van der Waals surface area contributed by atoms with Crippen molar-refractivity contribution >= 4 is 27.8 Å². The minimum absolute atomic E-state index is 0.0863. The van der Waals surface area contributed by atoms with Gasteiger partial charge in [-0.05, 0) is 42.7 Å². The van der Waals surface area contributed by atoms with E-state index in [2.05, 4.69) is 21.2 Å². The highest BCUT2D eigenvalue weighted by Gasteiger charge is 2.08. The van der Waals surface area contributed by atoms with E-state index in [9.17, 15) is 9.59 Å². The molecule has 0 heterocycles. The molecule has 0 aliphatic heterocycles. The van der Waals surface area contributed by atoms with Crippen LogP contribution in [0.15, 0.2) is 53.0 Å². The minimum Gasteiger partial charge on any atom is -0.493 e. The zero-order chi connectivity index (χ0) is 18.8. The third kappa shape index (κ3) is 7.27. The molecule has 0 bridgehead atoms. The van der Waals surface area contributed by atoms with Crippen LogP contribution in [0.2, 0.25) is 0 Å². The van der Waals surface area contributed by atoms with Gasteiger partial charge in [0.15, 0.2) is 6.61 Å². The number of benzene rings is 2. The molecule has 6 heteroatoms. The van der Waals surface area contributed by atoms with Gasteiger partial charge in [0.25, 0.3) is 5.91 Å². The molecule has 26 heavy (non-hydrogen) atoms. The Morgan fingerprint density at radius 2 is 1.92 bits per heavy atom. The lowest BCUT2D eigenvalue weighted by molar-refractivity contribution is -0.149. The second-order valence-corrected chi connectivity index (χ2v) is 6.66. The summed E-state index contributed by atoms with van der Waals surface area (Å²) in [6, 6.07) is 15.4. The van der Waals surface area contributed by atoms with Gasteiger partial charge in [-0.1, -0.05) is 46.3 Å². The Hall–Kier alpha value is -2.34. The highest BCUT2D eigenvalue weighted by Crippen LogP contribution is 2.17. The Morgan fingerprint density at radius 3 is 2.69 bits per heavy atom. The highest BCUT2D eigenvalue weighted by molar-refractivity contribution is 9.10. The summed E-state index contributed by atoms with van der Waals surface area (Å²) in [6.07, 6.45) is 0.829. The molecule has 1 N–H and O–H groups in total. The SMILES string of the molecule is Cc1ccccc1CCNC(=O)COC(=O)CCOc1cccc(Br)c1. The minimum atomic E-state index is -0.464. The van der Waals surface area contributed by atoms with Crippen LogP contribution in [0.3, 0.4) is 0 Å². The summed E-state index contributed by atoms with van der Waals surface area (Å²) in [4.78, 5) is 23.4. The van der Waals surface area contributed by atoms with Gasteiger partial charge in [0.05, 0.1) is 13.0 Å². The molecular formula is C20H22BrNO4. The number of hydrogen-bond donors (Lipinski definition) is 1. The number of carbonyl (C=O) groups excluding carboxylic acids is 2. The van der Waals surface area contributed by atoms with Crippen molar-refractivity contribution in [3.63, 3.8) is 0 Å². The van der Waals surface area contributed by atoms with Crippen molar-refractivity contribution in [3.8, 4) is 5.75 Å². The summed E-state index contributed by atoms with van der Waals surface area (Å²) >= 11 is 3.35. The van der Waals surface area contributed by atoms with Gasteiger partial charge < -0.3 is 14.8 Å². The fourth-order valence-corrected chi connectivity index (χ4v) is 2.68. The van der Waals surface area contributed by atoms with Gasteiger partial charge in [0.2, 0.25) is 0 Å². The lowest BCUT2D eigenvalue weighted by Crippen LogP contribution is -2.30. The van der Waals surface area contributed by atoms with E-state index in [1.54, 1.807) is 6.07 Å². The standard InChI is InChI=1S/C20H22BrNO4/c1-15-5-2-3-6-16(15)9-11-22-19(23)14-26-20(24)10-12-25-18-8-4-7-17(21)13-18/h2-8,13H,9-12,14H2,1H3,(H,22,23). The Labute approximate surface area is 161 Å².